The molecule has 2 unspecified atom stereocenters. The smallest absolute Gasteiger partial charge is 0.247 e. The van der Waals surface area contributed by atoms with E-state index in [1.165, 1.54) is 4.90 Å². The summed E-state index contributed by atoms with van der Waals surface area (Å²) in [7, 11) is 1.65. The maximum atomic E-state index is 12.3. The lowest BCUT2D eigenvalue weighted by Gasteiger charge is -2.32. The van der Waals surface area contributed by atoms with Crippen molar-refractivity contribution in [1.29, 1.82) is 0 Å². The number of aliphatic hydroxyl groups excluding tert-OH is 1. The molecule has 0 bridgehead atoms. The highest BCUT2D eigenvalue weighted by Crippen LogP contribution is 2.20. The van der Waals surface area contributed by atoms with Crippen LogP contribution in [0.4, 0.5) is 0 Å². The van der Waals surface area contributed by atoms with E-state index in [-0.39, 0.29) is 18.6 Å². The highest BCUT2D eigenvalue weighted by atomic mass is 16.3. The molecule has 4 heteroatoms. The van der Waals surface area contributed by atoms with Crippen molar-refractivity contribution >= 4 is 5.91 Å². The zero-order valence-corrected chi connectivity index (χ0v) is 10.6. The summed E-state index contributed by atoms with van der Waals surface area (Å²) in [6, 6.07) is 9.00. The van der Waals surface area contributed by atoms with Gasteiger partial charge < -0.3 is 15.7 Å². The molecule has 0 fully saturated rings. The standard InChI is InChI=1S/C13H20N2O2/c1-10(9-16)15(3)12(17)13(2,14)11-7-5-4-6-8-11/h4-8,10,16H,9,14H2,1-3H3. The van der Waals surface area contributed by atoms with E-state index in [4.69, 9.17) is 10.8 Å². The maximum absolute atomic E-state index is 12.3. The summed E-state index contributed by atoms with van der Waals surface area (Å²) in [4.78, 5) is 13.7. The predicted molar refractivity (Wildman–Crippen MR) is 67.3 cm³/mol. The molecule has 17 heavy (non-hydrogen) atoms. The molecule has 0 saturated carbocycles. The molecule has 0 saturated heterocycles. The summed E-state index contributed by atoms with van der Waals surface area (Å²) in [6.07, 6.45) is 0. The van der Waals surface area contributed by atoms with Gasteiger partial charge in [-0.1, -0.05) is 30.3 Å². The first kappa shape index (κ1) is 13.7. The molecular formula is C13H20N2O2. The fraction of sp³-hybridized carbons (Fsp3) is 0.462. The van der Waals surface area contributed by atoms with Gasteiger partial charge in [-0.15, -0.1) is 0 Å². The van der Waals surface area contributed by atoms with Gasteiger partial charge in [0, 0.05) is 7.05 Å². The van der Waals surface area contributed by atoms with Crippen LogP contribution >= 0.6 is 0 Å². The molecule has 0 radical (unpaired) electrons. The van der Waals surface area contributed by atoms with Gasteiger partial charge in [-0.05, 0) is 19.4 Å². The van der Waals surface area contributed by atoms with E-state index >= 15 is 0 Å². The summed E-state index contributed by atoms with van der Waals surface area (Å²) in [6.45, 7) is 3.39. The number of likely N-dealkylation sites (N-methyl/N-ethyl adjacent to an activating group) is 1. The second kappa shape index (κ2) is 5.29. The van der Waals surface area contributed by atoms with Crippen molar-refractivity contribution in [3.8, 4) is 0 Å². The topological polar surface area (TPSA) is 66.6 Å². The third-order valence-corrected chi connectivity index (χ3v) is 3.06. The van der Waals surface area contributed by atoms with E-state index in [1.807, 2.05) is 30.3 Å². The number of carbonyl (C=O) groups excluding carboxylic acids is 1. The molecule has 0 heterocycles. The second-order valence-corrected chi connectivity index (χ2v) is 4.52. The Morgan fingerprint density at radius 2 is 2.00 bits per heavy atom. The van der Waals surface area contributed by atoms with E-state index in [0.29, 0.717) is 0 Å². The Hall–Kier alpha value is -1.39. The van der Waals surface area contributed by atoms with E-state index in [2.05, 4.69) is 0 Å². The van der Waals surface area contributed by atoms with Gasteiger partial charge in [-0.25, -0.2) is 0 Å². The SMILES string of the molecule is CC(CO)N(C)C(=O)C(C)(N)c1ccccc1. The first-order valence-corrected chi connectivity index (χ1v) is 5.63. The van der Waals surface area contributed by atoms with Crippen molar-refractivity contribution in [2.45, 2.75) is 25.4 Å². The van der Waals surface area contributed by atoms with Gasteiger partial charge in [-0.3, -0.25) is 4.79 Å². The molecule has 1 aromatic carbocycles. The Balaban J connectivity index is 2.95. The van der Waals surface area contributed by atoms with Crippen LogP contribution in [-0.4, -0.2) is 35.6 Å². The second-order valence-electron chi connectivity index (χ2n) is 4.52. The number of nitrogens with two attached hydrogens (primary N) is 1. The van der Waals surface area contributed by atoms with Gasteiger partial charge in [-0.2, -0.15) is 0 Å². The van der Waals surface area contributed by atoms with Crippen LogP contribution in [0.25, 0.3) is 0 Å². The highest BCUT2D eigenvalue weighted by molar-refractivity contribution is 5.87. The minimum Gasteiger partial charge on any atom is -0.394 e. The van der Waals surface area contributed by atoms with Crippen molar-refractivity contribution in [3.63, 3.8) is 0 Å². The molecule has 0 aliphatic carbocycles. The number of carbonyl (C=O) groups is 1. The van der Waals surface area contributed by atoms with Crippen LogP contribution in [0.1, 0.15) is 19.4 Å². The average molecular weight is 236 g/mol. The molecule has 94 valence electrons. The van der Waals surface area contributed by atoms with Crippen molar-refractivity contribution in [2.75, 3.05) is 13.7 Å². The Kier molecular flexibility index (Phi) is 4.26. The number of hydrogen-bond acceptors (Lipinski definition) is 3. The van der Waals surface area contributed by atoms with E-state index in [9.17, 15) is 4.79 Å². The van der Waals surface area contributed by atoms with Gasteiger partial charge in [0.05, 0.1) is 12.6 Å². The number of rotatable bonds is 4. The summed E-state index contributed by atoms with van der Waals surface area (Å²) >= 11 is 0. The minimum atomic E-state index is -1.07. The lowest BCUT2D eigenvalue weighted by molar-refractivity contribution is -0.138. The zero-order chi connectivity index (χ0) is 13.1. The van der Waals surface area contributed by atoms with Gasteiger partial charge in [0.2, 0.25) is 5.91 Å². The van der Waals surface area contributed by atoms with Crippen molar-refractivity contribution < 1.29 is 9.90 Å². The number of amides is 1. The summed E-state index contributed by atoms with van der Waals surface area (Å²) in [5, 5.41) is 9.06. The summed E-state index contributed by atoms with van der Waals surface area (Å²) in [5.74, 6) is -0.203. The molecule has 2 atom stereocenters. The third-order valence-electron chi connectivity index (χ3n) is 3.06. The van der Waals surface area contributed by atoms with Crippen LogP contribution in [0.2, 0.25) is 0 Å². The molecule has 1 aromatic rings. The molecule has 0 spiro atoms. The summed E-state index contributed by atoms with van der Waals surface area (Å²) < 4.78 is 0. The summed E-state index contributed by atoms with van der Waals surface area (Å²) in [5.41, 5.74) is 5.80. The van der Waals surface area contributed by atoms with Crippen LogP contribution in [0, 0.1) is 0 Å². The van der Waals surface area contributed by atoms with Crippen LogP contribution < -0.4 is 5.73 Å². The lowest BCUT2D eigenvalue weighted by Crippen LogP contribution is -2.52. The first-order valence-electron chi connectivity index (χ1n) is 5.63. The molecule has 0 aliphatic heterocycles. The fourth-order valence-electron chi connectivity index (χ4n) is 1.60. The Bertz CT molecular complexity index is 376. The zero-order valence-electron chi connectivity index (χ0n) is 10.6. The van der Waals surface area contributed by atoms with Crippen molar-refractivity contribution in [1.82, 2.24) is 4.90 Å². The van der Waals surface area contributed by atoms with Crippen LogP contribution in [-0.2, 0) is 10.3 Å². The first-order chi connectivity index (χ1) is 7.91. The van der Waals surface area contributed by atoms with E-state index in [0.717, 1.165) is 5.56 Å². The van der Waals surface area contributed by atoms with E-state index in [1.54, 1.807) is 20.9 Å². The molecule has 0 aliphatic rings. The number of benzene rings is 1. The molecule has 1 amide bonds. The molecule has 3 N–H and O–H groups in total. The highest BCUT2D eigenvalue weighted by Gasteiger charge is 2.34. The fourth-order valence-corrected chi connectivity index (χ4v) is 1.60. The average Bonchev–Trinajstić information content (AvgIpc) is 2.37. The minimum absolute atomic E-state index is 0.0763. The van der Waals surface area contributed by atoms with Crippen molar-refractivity contribution in [3.05, 3.63) is 35.9 Å². The van der Waals surface area contributed by atoms with Crippen LogP contribution in [0.15, 0.2) is 30.3 Å². The van der Waals surface area contributed by atoms with Gasteiger partial charge in [0.1, 0.15) is 5.54 Å². The monoisotopic (exact) mass is 236 g/mol. The van der Waals surface area contributed by atoms with Crippen LogP contribution in [0.3, 0.4) is 0 Å². The molecule has 4 nitrogen and oxygen atoms in total. The van der Waals surface area contributed by atoms with Gasteiger partial charge in [0.25, 0.3) is 0 Å². The molecule has 1 rings (SSSR count). The number of aliphatic hydroxyl groups is 1. The van der Waals surface area contributed by atoms with Gasteiger partial charge in [0.15, 0.2) is 0 Å². The molecular weight excluding hydrogens is 216 g/mol. The lowest BCUT2D eigenvalue weighted by atomic mass is 9.91. The predicted octanol–water partition coefficient (Wildman–Crippen LogP) is 0.700. The molecule has 0 aromatic heterocycles. The maximum Gasteiger partial charge on any atom is 0.247 e. The van der Waals surface area contributed by atoms with Gasteiger partial charge >= 0.3 is 0 Å². The Morgan fingerprint density at radius 1 is 1.47 bits per heavy atom. The van der Waals surface area contributed by atoms with Crippen LogP contribution in [0.5, 0.6) is 0 Å². The normalized spacial score (nSPS) is 16.1. The largest absolute Gasteiger partial charge is 0.394 e. The Morgan fingerprint density at radius 3 is 2.47 bits per heavy atom. The number of hydrogen-bond donors (Lipinski definition) is 2. The van der Waals surface area contributed by atoms with Crippen molar-refractivity contribution in [2.24, 2.45) is 5.73 Å². The Labute approximate surface area is 102 Å². The third kappa shape index (κ3) is 2.84. The van der Waals surface area contributed by atoms with E-state index < -0.39 is 5.54 Å². The number of nitrogens with zero attached hydrogens (tertiary/aromatic N) is 1. The quantitative estimate of drug-likeness (QED) is 0.808.